The molecule has 1 saturated carbocycles. The second-order valence-corrected chi connectivity index (χ2v) is 5.37. The maximum Gasteiger partial charge on any atom is 0.0680 e. The molecule has 1 heterocycles. The summed E-state index contributed by atoms with van der Waals surface area (Å²) in [5.74, 6) is 0. The third kappa shape index (κ3) is 3.19. The number of β-amino-alcohol motifs (C(OH)–C–C–N with tert-alkyl or cyclic N) is 1. The van der Waals surface area contributed by atoms with Crippen molar-refractivity contribution in [2.24, 2.45) is 0 Å². The van der Waals surface area contributed by atoms with E-state index in [9.17, 15) is 5.11 Å². The standard InChI is InChI=1S/C13H26N2O/c1-2-15(12-6-4-3-5-7-12)10-11-8-13(16)9-14-11/h11-14,16H,2-10H2,1H3. The van der Waals surface area contributed by atoms with E-state index in [2.05, 4.69) is 17.1 Å². The first-order valence-corrected chi connectivity index (χ1v) is 6.95. The molecule has 0 bridgehead atoms. The van der Waals surface area contributed by atoms with Crippen molar-refractivity contribution in [3.8, 4) is 0 Å². The fourth-order valence-corrected chi connectivity index (χ4v) is 3.20. The number of hydrogen-bond donors (Lipinski definition) is 2. The van der Waals surface area contributed by atoms with Crippen molar-refractivity contribution in [1.29, 1.82) is 0 Å². The lowest BCUT2D eigenvalue weighted by atomic mass is 9.94. The highest BCUT2D eigenvalue weighted by atomic mass is 16.3. The summed E-state index contributed by atoms with van der Waals surface area (Å²) in [4.78, 5) is 2.62. The lowest BCUT2D eigenvalue weighted by Gasteiger charge is -2.35. The van der Waals surface area contributed by atoms with Crippen molar-refractivity contribution in [2.45, 2.75) is 63.6 Å². The lowest BCUT2D eigenvalue weighted by molar-refractivity contribution is 0.145. The van der Waals surface area contributed by atoms with E-state index in [4.69, 9.17) is 0 Å². The molecule has 16 heavy (non-hydrogen) atoms. The number of rotatable bonds is 4. The Balaban J connectivity index is 1.80. The van der Waals surface area contributed by atoms with Crippen LogP contribution in [0.2, 0.25) is 0 Å². The first-order chi connectivity index (χ1) is 7.79. The molecule has 94 valence electrons. The first kappa shape index (κ1) is 12.3. The molecular weight excluding hydrogens is 200 g/mol. The van der Waals surface area contributed by atoms with Gasteiger partial charge in [-0.1, -0.05) is 26.2 Å². The minimum absolute atomic E-state index is 0.116. The number of aliphatic hydroxyl groups excluding tert-OH is 1. The Bertz CT molecular complexity index is 204. The molecule has 2 rings (SSSR count). The minimum Gasteiger partial charge on any atom is -0.392 e. The topological polar surface area (TPSA) is 35.5 Å². The molecule has 2 aliphatic rings. The molecule has 0 aromatic heterocycles. The van der Waals surface area contributed by atoms with Crippen molar-refractivity contribution >= 4 is 0 Å². The fourth-order valence-electron chi connectivity index (χ4n) is 3.20. The van der Waals surface area contributed by atoms with Crippen molar-refractivity contribution < 1.29 is 5.11 Å². The van der Waals surface area contributed by atoms with Crippen LogP contribution < -0.4 is 5.32 Å². The molecular formula is C13H26N2O. The predicted octanol–water partition coefficient (Wildman–Crippen LogP) is 1.36. The Hall–Kier alpha value is -0.120. The summed E-state index contributed by atoms with van der Waals surface area (Å²) >= 11 is 0. The molecule has 1 aliphatic heterocycles. The van der Waals surface area contributed by atoms with Gasteiger partial charge in [0, 0.05) is 25.2 Å². The van der Waals surface area contributed by atoms with Crippen LogP contribution in [0.15, 0.2) is 0 Å². The van der Waals surface area contributed by atoms with E-state index in [1.807, 2.05) is 0 Å². The van der Waals surface area contributed by atoms with Gasteiger partial charge >= 0.3 is 0 Å². The number of nitrogens with one attached hydrogen (secondary N) is 1. The van der Waals surface area contributed by atoms with Crippen LogP contribution in [-0.2, 0) is 0 Å². The summed E-state index contributed by atoms with van der Waals surface area (Å²) < 4.78 is 0. The van der Waals surface area contributed by atoms with Gasteiger partial charge in [-0.05, 0) is 25.8 Å². The van der Waals surface area contributed by atoms with E-state index in [0.29, 0.717) is 6.04 Å². The Morgan fingerprint density at radius 1 is 1.25 bits per heavy atom. The molecule has 2 unspecified atom stereocenters. The maximum atomic E-state index is 9.51. The molecule has 2 N–H and O–H groups in total. The van der Waals surface area contributed by atoms with Gasteiger partial charge in [-0.2, -0.15) is 0 Å². The SMILES string of the molecule is CCN(CC1CC(O)CN1)C1CCCCC1. The van der Waals surface area contributed by atoms with Gasteiger partial charge in [0.15, 0.2) is 0 Å². The van der Waals surface area contributed by atoms with Gasteiger partial charge in [0.05, 0.1) is 6.10 Å². The Labute approximate surface area is 99.2 Å². The molecule has 0 aromatic rings. The average Bonchev–Trinajstić information content (AvgIpc) is 2.73. The Morgan fingerprint density at radius 3 is 2.56 bits per heavy atom. The maximum absolute atomic E-state index is 9.51. The molecule has 3 nitrogen and oxygen atoms in total. The fraction of sp³-hybridized carbons (Fsp3) is 1.00. The van der Waals surface area contributed by atoms with E-state index in [-0.39, 0.29) is 6.10 Å². The highest BCUT2D eigenvalue weighted by molar-refractivity contribution is 4.86. The van der Waals surface area contributed by atoms with Gasteiger partial charge in [-0.25, -0.2) is 0 Å². The summed E-state index contributed by atoms with van der Waals surface area (Å²) in [7, 11) is 0. The van der Waals surface area contributed by atoms with E-state index in [0.717, 1.165) is 32.1 Å². The molecule has 1 saturated heterocycles. The molecule has 3 heteroatoms. The number of aliphatic hydroxyl groups is 1. The van der Waals surface area contributed by atoms with Gasteiger partial charge in [-0.15, -0.1) is 0 Å². The van der Waals surface area contributed by atoms with E-state index in [1.54, 1.807) is 0 Å². The van der Waals surface area contributed by atoms with Crippen LogP contribution in [0.5, 0.6) is 0 Å². The number of nitrogens with zero attached hydrogens (tertiary/aromatic N) is 1. The van der Waals surface area contributed by atoms with E-state index >= 15 is 0 Å². The van der Waals surface area contributed by atoms with Crippen LogP contribution in [0.3, 0.4) is 0 Å². The second-order valence-electron chi connectivity index (χ2n) is 5.37. The quantitative estimate of drug-likeness (QED) is 0.760. The molecule has 2 fully saturated rings. The average molecular weight is 226 g/mol. The first-order valence-electron chi connectivity index (χ1n) is 6.95. The third-order valence-electron chi connectivity index (χ3n) is 4.15. The van der Waals surface area contributed by atoms with Gasteiger partial charge < -0.3 is 10.4 Å². The largest absolute Gasteiger partial charge is 0.392 e. The van der Waals surface area contributed by atoms with Crippen LogP contribution in [0.4, 0.5) is 0 Å². The van der Waals surface area contributed by atoms with E-state index in [1.165, 1.54) is 32.1 Å². The number of hydrogen-bond acceptors (Lipinski definition) is 3. The van der Waals surface area contributed by atoms with Gasteiger partial charge in [0.2, 0.25) is 0 Å². The summed E-state index contributed by atoms with van der Waals surface area (Å²) in [5.41, 5.74) is 0. The molecule has 0 radical (unpaired) electrons. The molecule has 0 amide bonds. The van der Waals surface area contributed by atoms with Crippen LogP contribution in [0, 0.1) is 0 Å². The van der Waals surface area contributed by atoms with Gasteiger partial charge in [-0.3, -0.25) is 4.90 Å². The van der Waals surface area contributed by atoms with Crippen LogP contribution in [0.25, 0.3) is 0 Å². The lowest BCUT2D eigenvalue weighted by Crippen LogP contribution is -2.44. The molecule has 1 aliphatic carbocycles. The molecule has 0 spiro atoms. The van der Waals surface area contributed by atoms with Crippen LogP contribution in [-0.4, -0.2) is 47.8 Å². The van der Waals surface area contributed by atoms with Crippen molar-refractivity contribution in [3.63, 3.8) is 0 Å². The highest BCUT2D eigenvalue weighted by Crippen LogP contribution is 2.23. The monoisotopic (exact) mass is 226 g/mol. The van der Waals surface area contributed by atoms with Crippen molar-refractivity contribution in [2.75, 3.05) is 19.6 Å². The zero-order valence-electron chi connectivity index (χ0n) is 10.5. The third-order valence-corrected chi connectivity index (χ3v) is 4.15. The van der Waals surface area contributed by atoms with Crippen molar-refractivity contribution in [1.82, 2.24) is 10.2 Å². The minimum atomic E-state index is -0.116. The Kier molecular flexibility index (Phi) is 4.62. The summed E-state index contributed by atoms with van der Waals surface area (Å²) in [5, 5.41) is 12.9. The van der Waals surface area contributed by atoms with Crippen LogP contribution in [0.1, 0.15) is 45.4 Å². The molecule has 0 aromatic carbocycles. The second kappa shape index (κ2) is 5.99. The summed E-state index contributed by atoms with van der Waals surface area (Å²) in [6.07, 6.45) is 7.81. The van der Waals surface area contributed by atoms with Gasteiger partial charge in [0.25, 0.3) is 0 Å². The zero-order chi connectivity index (χ0) is 11.4. The smallest absolute Gasteiger partial charge is 0.0680 e. The molecule has 2 atom stereocenters. The summed E-state index contributed by atoms with van der Waals surface area (Å²) in [6.45, 7) is 5.32. The van der Waals surface area contributed by atoms with Crippen LogP contribution >= 0.6 is 0 Å². The van der Waals surface area contributed by atoms with Crippen molar-refractivity contribution in [3.05, 3.63) is 0 Å². The summed E-state index contributed by atoms with van der Waals surface area (Å²) in [6, 6.07) is 1.31. The van der Waals surface area contributed by atoms with E-state index < -0.39 is 0 Å². The Morgan fingerprint density at radius 2 is 2.00 bits per heavy atom. The number of likely N-dealkylation sites (N-methyl/N-ethyl adjacent to an activating group) is 1. The predicted molar refractivity (Wildman–Crippen MR) is 66.5 cm³/mol. The zero-order valence-corrected chi connectivity index (χ0v) is 10.5. The van der Waals surface area contributed by atoms with Gasteiger partial charge in [0.1, 0.15) is 0 Å². The normalized spacial score (nSPS) is 32.4. The highest BCUT2D eigenvalue weighted by Gasteiger charge is 2.27.